The summed E-state index contributed by atoms with van der Waals surface area (Å²) in [5, 5.41) is 10.1. The molecule has 1 atom stereocenters. The number of rotatable bonds is 6. The second-order valence-electron chi connectivity index (χ2n) is 7.25. The lowest BCUT2D eigenvalue weighted by Crippen LogP contribution is -2.46. The molecule has 0 radical (unpaired) electrons. The van der Waals surface area contributed by atoms with Gasteiger partial charge in [-0.15, -0.1) is 0 Å². The van der Waals surface area contributed by atoms with E-state index >= 15 is 0 Å². The summed E-state index contributed by atoms with van der Waals surface area (Å²) in [6.45, 7) is 3.94. The number of benzene rings is 1. The molecule has 5 heteroatoms. The molecule has 1 fully saturated rings. The van der Waals surface area contributed by atoms with Crippen LogP contribution in [0.4, 0.5) is 11.8 Å². The minimum atomic E-state index is -0.0549. The Morgan fingerprint density at radius 2 is 2.04 bits per heavy atom. The van der Waals surface area contributed by atoms with Crippen molar-refractivity contribution in [3.05, 3.63) is 47.7 Å². The number of aliphatic hydroxyl groups excluding tert-OH is 1. The Bertz CT molecular complexity index is 671. The average Bonchev–Trinajstić information content (AvgIpc) is 2.62. The monoisotopic (exact) mass is 340 g/mol. The van der Waals surface area contributed by atoms with Gasteiger partial charge in [0.1, 0.15) is 5.82 Å². The third-order valence-corrected chi connectivity index (χ3v) is 5.19. The minimum Gasteiger partial charge on any atom is -0.396 e. The van der Waals surface area contributed by atoms with Crippen LogP contribution in [0, 0.1) is 12.3 Å². The van der Waals surface area contributed by atoms with Crippen molar-refractivity contribution < 1.29 is 5.11 Å². The molecule has 25 heavy (non-hydrogen) atoms. The van der Waals surface area contributed by atoms with Crippen LogP contribution in [0.25, 0.3) is 0 Å². The van der Waals surface area contributed by atoms with E-state index in [1.54, 1.807) is 0 Å². The molecule has 1 aromatic carbocycles. The lowest BCUT2D eigenvalue weighted by molar-refractivity contribution is 0.0939. The SMILES string of the molecule is Cc1cc(N2CCC[C@@](CO)(CCCc3ccccc3)C2)nc(N)n1. The summed E-state index contributed by atoms with van der Waals surface area (Å²) in [6.07, 6.45) is 5.29. The Balaban J connectivity index is 1.66. The molecule has 2 aromatic rings. The standard InChI is InChI=1S/C20H28N4O/c1-16-13-18(23-19(21)22-16)24-12-6-11-20(14-24,15-25)10-5-9-17-7-3-2-4-8-17/h2-4,7-8,13,25H,5-6,9-12,14-15H2,1H3,(H2,21,22,23)/t20-/m0/s1. The lowest BCUT2D eigenvalue weighted by atomic mass is 9.76. The largest absolute Gasteiger partial charge is 0.396 e. The van der Waals surface area contributed by atoms with E-state index in [0.717, 1.165) is 56.7 Å². The first-order valence-electron chi connectivity index (χ1n) is 9.11. The molecule has 0 spiro atoms. The highest BCUT2D eigenvalue weighted by molar-refractivity contribution is 5.44. The summed E-state index contributed by atoms with van der Waals surface area (Å²) in [4.78, 5) is 10.8. The fourth-order valence-electron chi connectivity index (χ4n) is 3.86. The van der Waals surface area contributed by atoms with E-state index in [0.29, 0.717) is 5.95 Å². The second kappa shape index (κ2) is 7.83. The van der Waals surface area contributed by atoms with E-state index in [9.17, 15) is 5.11 Å². The van der Waals surface area contributed by atoms with E-state index in [1.165, 1.54) is 5.56 Å². The van der Waals surface area contributed by atoms with Gasteiger partial charge < -0.3 is 15.7 Å². The molecule has 0 unspecified atom stereocenters. The fourth-order valence-corrected chi connectivity index (χ4v) is 3.86. The summed E-state index contributed by atoms with van der Waals surface area (Å²) in [5.74, 6) is 1.20. The molecule has 3 rings (SSSR count). The lowest BCUT2D eigenvalue weighted by Gasteiger charge is -2.42. The zero-order chi connectivity index (χ0) is 17.7. The second-order valence-corrected chi connectivity index (χ2v) is 7.25. The highest BCUT2D eigenvalue weighted by Gasteiger charge is 2.35. The third kappa shape index (κ3) is 4.48. The maximum absolute atomic E-state index is 10.1. The van der Waals surface area contributed by atoms with Gasteiger partial charge in [0.25, 0.3) is 0 Å². The average molecular weight is 340 g/mol. The molecule has 0 saturated carbocycles. The van der Waals surface area contributed by atoms with Crippen LogP contribution in [-0.2, 0) is 6.42 Å². The predicted octanol–water partition coefficient (Wildman–Crippen LogP) is 2.97. The summed E-state index contributed by atoms with van der Waals surface area (Å²) in [7, 11) is 0. The van der Waals surface area contributed by atoms with Gasteiger partial charge in [-0.05, 0) is 44.6 Å². The first kappa shape index (κ1) is 17.7. The normalized spacial score (nSPS) is 20.6. The van der Waals surface area contributed by atoms with Crippen molar-refractivity contribution >= 4 is 11.8 Å². The highest BCUT2D eigenvalue weighted by atomic mass is 16.3. The molecule has 0 bridgehead atoms. The number of aliphatic hydroxyl groups is 1. The van der Waals surface area contributed by atoms with Gasteiger partial charge >= 0.3 is 0 Å². The van der Waals surface area contributed by atoms with E-state index in [2.05, 4.69) is 39.1 Å². The van der Waals surface area contributed by atoms with Crippen molar-refractivity contribution in [2.45, 2.75) is 39.0 Å². The van der Waals surface area contributed by atoms with E-state index in [4.69, 9.17) is 5.73 Å². The van der Waals surface area contributed by atoms with Crippen LogP contribution in [0.5, 0.6) is 0 Å². The minimum absolute atomic E-state index is 0.0549. The smallest absolute Gasteiger partial charge is 0.222 e. The van der Waals surface area contributed by atoms with Gasteiger partial charge in [-0.1, -0.05) is 30.3 Å². The first-order chi connectivity index (χ1) is 12.1. The quantitative estimate of drug-likeness (QED) is 0.845. The zero-order valence-corrected chi connectivity index (χ0v) is 15.0. The zero-order valence-electron chi connectivity index (χ0n) is 15.0. The van der Waals surface area contributed by atoms with Crippen LogP contribution < -0.4 is 10.6 Å². The maximum atomic E-state index is 10.1. The highest BCUT2D eigenvalue weighted by Crippen LogP contribution is 2.36. The van der Waals surface area contributed by atoms with Crippen molar-refractivity contribution in [1.29, 1.82) is 0 Å². The Kier molecular flexibility index (Phi) is 5.53. The summed E-state index contributed by atoms with van der Waals surface area (Å²) >= 11 is 0. The first-order valence-corrected chi connectivity index (χ1v) is 9.11. The number of aromatic nitrogens is 2. The Morgan fingerprint density at radius 3 is 2.76 bits per heavy atom. The van der Waals surface area contributed by atoms with Gasteiger partial charge in [-0.2, -0.15) is 4.98 Å². The van der Waals surface area contributed by atoms with E-state index in [1.807, 2.05) is 19.1 Å². The van der Waals surface area contributed by atoms with Gasteiger partial charge in [-0.25, -0.2) is 4.98 Å². The fraction of sp³-hybridized carbons (Fsp3) is 0.500. The predicted molar refractivity (Wildman–Crippen MR) is 102 cm³/mol. The Labute approximate surface area is 149 Å². The number of nitrogens with zero attached hydrogens (tertiary/aromatic N) is 3. The number of nitrogen functional groups attached to an aromatic ring is 1. The molecule has 1 aliphatic rings. The van der Waals surface area contributed by atoms with Crippen LogP contribution in [0.2, 0.25) is 0 Å². The van der Waals surface area contributed by atoms with Crippen LogP contribution in [-0.4, -0.2) is 34.8 Å². The Morgan fingerprint density at radius 1 is 1.24 bits per heavy atom. The molecule has 5 nitrogen and oxygen atoms in total. The van der Waals surface area contributed by atoms with Crippen molar-refractivity contribution in [3.63, 3.8) is 0 Å². The van der Waals surface area contributed by atoms with Gasteiger partial charge in [0.15, 0.2) is 0 Å². The van der Waals surface area contributed by atoms with Gasteiger partial charge in [0.2, 0.25) is 5.95 Å². The van der Waals surface area contributed by atoms with E-state index in [-0.39, 0.29) is 12.0 Å². The number of aryl methyl sites for hydroxylation is 2. The summed E-state index contributed by atoms with van der Waals surface area (Å²) in [5.41, 5.74) is 8.00. The summed E-state index contributed by atoms with van der Waals surface area (Å²) in [6, 6.07) is 12.5. The number of piperidine rings is 1. The van der Waals surface area contributed by atoms with Crippen molar-refractivity contribution in [2.75, 3.05) is 30.3 Å². The molecule has 0 amide bonds. The van der Waals surface area contributed by atoms with Crippen LogP contribution in [0.15, 0.2) is 36.4 Å². The molecular weight excluding hydrogens is 312 g/mol. The third-order valence-electron chi connectivity index (χ3n) is 5.19. The molecule has 1 aromatic heterocycles. The number of nitrogens with two attached hydrogens (primary N) is 1. The molecule has 1 aliphatic heterocycles. The van der Waals surface area contributed by atoms with Crippen LogP contribution in [0.3, 0.4) is 0 Å². The molecule has 2 heterocycles. The molecular formula is C20H28N4O. The molecule has 0 aliphatic carbocycles. The maximum Gasteiger partial charge on any atom is 0.222 e. The van der Waals surface area contributed by atoms with E-state index < -0.39 is 0 Å². The van der Waals surface area contributed by atoms with Crippen molar-refractivity contribution in [3.8, 4) is 0 Å². The number of hydrogen-bond acceptors (Lipinski definition) is 5. The Hall–Kier alpha value is -2.14. The molecule has 3 N–H and O–H groups in total. The van der Waals surface area contributed by atoms with Crippen molar-refractivity contribution in [1.82, 2.24) is 9.97 Å². The number of hydrogen-bond donors (Lipinski definition) is 2. The van der Waals surface area contributed by atoms with Crippen LogP contribution >= 0.6 is 0 Å². The van der Waals surface area contributed by atoms with Gasteiger partial charge in [-0.3, -0.25) is 0 Å². The van der Waals surface area contributed by atoms with Gasteiger partial charge in [0.05, 0.1) is 6.61 Å². The van der Waals surface area contributed by atoms with Crippen LogP contribution in [0.1, 0.15) is 36.9 Å². The topological polar surface area (TPSA) is 75.3 Å². The van der Waals surface area contributed by atoms with Gasteiger partial charge in [0, 0.05) is 30.3 Å². The summed E-state index contributed by atoms with van der Waals surface area (Å²) < 4.78 is 0. The van der Waals surface area contributed by atoms with Crippen molar-refractivity contribution in [2.24, 2.45) is 5.41 Å². The molecule has 1 saturated heterocycles. The number of anilines is 2. The molecule has 134 valence electrons.